The SMILES string of the molecule is [2H][C@H]1[C@@H](C(C)C)N1S(=O)(=O)c1ccc(C)cc1. The second-order valence-electron chi connectivity index (χ2n) is 4.53. The maximum atomic E-state index is 12.2. The Morgan fingerprint density at radius 3 is 2.38 bits per heavy atom. The molecule has 4 heteroatoms. The zero-order valence-electron chi connectivity index (χ0n) is 10.7. The quantitative estimate of drug-likeness (QED) is 0.758. The third-order valence-corrected chi connectivity index (χ3v) is 4.57. The fourth-order valence-corrected chi connectivity index (χ4v) is 3.22. The van der Waals surface area contributed by atoms with Gasteiger partial charge in [-0.2, -0.15) is 4.31 Å². The maximum absolute atomic E-state index is 12.2. The highest BCUT2D eigenvalue weighted by atomic mass is 32.2. The van der Waals surface area contributed by atoms with Gasteiger partial charge in [0.25, 0.3) is 0 Å². The van der Waals surface area contributed by atoms with Crippen LogP contribution in [0, 0.1) is 12.8 Å². The van der Waals surface area contributed by atoms with Gasteiger partial charge in [0.05, 0.1) is 4.90 Å². The maximum Gasteiger partial charge on any atom is 0.243 e. The molecule has 1 unspecified atom stereocenters. The van der Waals surface area contributed by atoms with Crippen LogP contribution >= 0.6 is 0 Å². The lowest BCUT2D eigenvalue weighted by molar-refractivity contribution is 0.518. The van der Waals surface area contributed by atoms with Crippen molar-refractivity contribution in [2.45, 2.75) is 31.7 Å². The summed E-state index contributed by atoms with van der Waals surface area (Å²) in [6.07, 6.45) is 0. The number of hydrogen-bond donors (Lipinski definition) is 0. The van der Waals surface area contributed by atoms with Gasteiger partial charge in [0.15, 0.2) is 0 Å². The molecule has 0 bridgehead atoms. The van der Waals surface area contributed by atoms with Crippen molar-refractivity contribution in [3.05, 3.63) is 29.8 Å². The molecule has 0 spiro atoms. The van der Waals surface area contributed by atoms with E-state index in [1.54, 1.807) is 24.3 Å². The topological polar surface area (TPSA) is 37.1 Å². The first-order valence-corrected chi connectivity index (χ1v) is 6.82. The van der Waals surface area contributed by atoms with Crippen LogP contribution in [0.1, 0.15) is 20.8 Å². The van der Waals surface area contributed by atoms with Crippen LogP contribution in [-0.4, -0.2) is 25.3 Å². The summed E-state index contributed by atoms with van der Waals surface area (Å²) in [5.74, 6) is 0.178. The van der Waals surface area contributed by atoms with Gasteiger partial charge in [-0.3, -0.25) is 0 Å². The summed E-state index contributed by atoms with van der Waals surface area (Å²) in [5.41, 5.74) is 1.03. The average molecular weight is 240 g/mol. The van der Waals surface area contributed by atoms with E-state index in [2.05, 4.69) is 0 Å². The smallest absolute Gasteiger partial charge is 0.207 e. The number of rotatable bonds is 3. The Kier molecular flexibility index (Phi) is 2.48. The van der Waals surface area contributed by atoms with Crippen molar-refractivity contribution in [2.24, 2.45) is 5.92 Å². The molecule has 1 aliphatic rings. The number of aryl methyl sites for hydroxylation is 1. The highest BCUT2D eigenvalue weighted by Crippen LogP contribution is 2.32. The summed E-state index contributed by atoms with van der Waals surface area (Å²) in [4.78, 5) is 0.281. The molecule has 2 rings (SSSR count). The molecule has 1 fully saturated rings. The Bertz CT molecular complexity index is 510. The van der Waals surface area contributed by atoms with Crippen LogP contribution in [0.15, 0.2) is 29.2 Å². The molecule has 3 nitrogen and oxygen atoms in total. The first-order chi connectivity index (χ1) is 7.85. The third-order valence-electron chi connectivity index (χ3n) is 2.78. The van der Waals surface area contributed by atoms with Gasteiger partial charge < -0.3 is 0 Å². The summed E-state index contributed by atoms with van der Waals surface area (Å²) >= 11 is 0. The van der Waals surface area contributed by atoms with E-state index in [0.29, 0.717) is 0 Å². The molecule has 1 heterocycles. The normalized spacial score (nSPS) is 30.2. The fourth-order valence-electron chi connectivity index (χ4n) is 1.65. The van der Waals surface area contributed by atoms with E-state index in [0.717, 1.165) is 5.56 Å². The lowest BCUT2D eigenvalue weighted by Crippen LogP contribution is -2.16. The minimum absolute atomic E-state index is 0.178. The van der Waals surface area contributed by atoms with Crippen LogP contribution in [0.4, 0.5) is 0 Å². The van der Waals surface area contributed by atoms with Crippen molar-refractivity contribution in [1.82, 2.24) is 4.31 Å². The lowest BCUT2D eigenvalue weighted by atomic mass is 10.1. The molecule has 0 amide bonds. The van der Waals surface area contributed by atoms with Gasteiger partial charge in [-0.25, -0.2) is 8.42 Å². The molecule has 0 N–H and O–H groups in total. The molecule has 1 aliphatic heterocycles. The molecule has 3 atom stereocenters. The molecule has 1 saturated heterocycles. The molecule has 0 aromatic heterocycles. The minimum atomic E-state index is -3.48. The molecule has 16 heavy (non-hydrogen) atoms. The lowest BCUT2D eigenvalue weighted by Gasteiger charge is -2.08. The summed E-state index contributed by atoms with van der Waals surface area (Å²) in [7, 11) is -3.48. The van der Waals surface area contributed by atoms with Crippen molar-refractivity contribution in [3.8, 4) is 0 Å². The van der Waals surface area contributed by atoms with E-state index in [9.17, 15) is 8.42 Å². The van der Waals surface area contributed by atoms with E-state index in [1.165, 1.54) is 4.31 Å². The Labute approximate surface area is 98.5 Å². The van der Waals surface area contributed by atoms with Gasteiger partial charge >= 0.3 is 0 Å². The van der Waals surface area contributed by atoms with E-state index in [1.807, 2.05) is 20.8 Å². The van der Waals surface area contributed by atoms with Crippen LogP contribution in [0.25, 0.3) is 0 Å². The molecule has 1 aromatic carbocycles. The van der Waals surface area contributed by atoms with Gasteiger partial charge in [0.1, 0.15) is 0 Å². The molecular weight excluding hydrogens is 222 g/mol. The molecule has 0 radical (unpaired) electrons. The Balaban J connectivity index is 2.30. The highest BCUT2D eigenvalue weighted by Gasteiger charge is 2.45. The van der Waals surface area contributed by atoms with Crippen LogP contribution in [0.2, 0.25) is 0 Å². The number of sulfonamides is 1. The largest absolute Gasteiger partial charge is 0.243 e. The van der Waals surface area contributed by atoms with Crippen LogP contribution in [-0.2, 0) is 10.0 Å². The zero-order chi connectivity index (χ0) is 12.8. The Morgan fingerprint density at radius 2 is 1.94 bits per heavy atom. The predicted octanol–water partition coefficient (Wildman–Crippen LogP) is 2.02. The number of hydrogen-bond acceptors (Lipinski definition) is 2. The van der Waals surface area contributed by atoms with Gasteiger partial charge in [-0.1, -0.05) is 31.5 Å². The van der Waals surface area contributed by atoms with Crippen molar-refractivity contribution < 1.29 is 9.79 Å². The third kappa shape index (κ3) is 1.99. The van der Waals surface area contributed by atoms with Gasteiger partial charge in [-0.15, -0.1) is 0 Å². The molecule has 0 saturated carbocycles. The fraction of sp³-hybridized carbons (Fsp3) is 0.500. The van der Waals surface area contributed by atoms with Crippen molar-refractivity contribution >= 4 is 10.0 Å². The summed E-state index contributed by atoms with van der Waals surface area (Å²) in [6.45, 7) is 5.17. The summed E-state index contributed by atoms with van der Waals surface area (Å²) in [6, 6.07) is 6.58. The van der Waals surface area contributed by atoms with Crippen LogP contribution in [0.3, 0.4) is 0 Å². The van der Waals surface area contributed by atoms with Crippen molar-refractivity contribution in [1.29, 1.82) is 0 Å². The number of benzene rings is 1. The second kappa shape index (κ2) is 3.86. The van der Waals surface area contributed by atoms with E-state index in [-0.39, 0.29) is 16.9 Å². The zero-order valence-corrected chi connectivity index (χ0v) is 10.5. The predicted molar refractivity (Wildman–Crippen MR) is 63.7 cm³/mol. The molecule has 0 aliphatic carbocycles. The van der Waals surface area contributed by atoms with E-state index < -0.39 is 16.5 Å². The second-order valence-corrected chi connectivity index (χ2v) is 6.37. The molecule has 1 aromatic rings. The van der Waals surface area contributed by atoms with Crippen LogP contribution in [0.5, 0.6) is 0 Å². The van der Waals surface area contributed by atoms with Gasteiger partial charge in [0, 0.05) is 13.9 Å². The first kappa shape index (κ1) is 10.3. The van der Waals surface area contributed by atoms with E-state index in [4.69, 9.17) is 1.37 Å². The average Bonchev–Trinajstić information content (AvgIpc) is 2.91. The minimum Gasteiger partial charge on any atom is -0.207 e. The molecular formula is C12H17NO2S. The Hall–Kier alpha value is -0.870. The van der Waals surface area contributed by atoms with Gasteiger partial charge in [0.2, 0.25) is 10.0 Å². The van der Waals surface area contributed by atoms with Crippen molar-refractivity contribution in [2.75, 3.05) is 6.52 Å². The summed E-state index contributed by atoms with van der Waals surface area (Å²) < 4.78 is 33.5. The summed E-state index contributed by atoms with van der Waals surface area (Å²) in [5, 5.41) is 0. The van der Waals surface area contributed by atoms with Crippen molar-refractivity contribution in [3.63, 3.8) is 0 Å². The highest BCUT2D eigenvalue weighted by molar-refractivity contribution is 7.89. The monoisotopic (exact) mass is 240 g/mol. The van der Waals surface area contributed by atoms with Gasteiger partial charge in [-0.05, 0) is 25.0 Å². The Morgan fingerprint density at radius 1 is 1.38 bits per heavy atom. The number of nitrogens with zero attached hydrogens (tertiary/aromatic N) is 1. The standard InChI is InChI=1S/C12H17NO2S/c1-9(2)12-8-13(12)16(14,15)11-6-4-10(3)5-7-11/h4-7,9,12H,8H2,1-3H3/t12-,13?/m0/s1/i8D/t8-,12-,13?. The van der Waals surface area contributed by atoms with Crippen LogP contribution < -0.4 is 0 Å². The first-order valence-electron chi connectivity index (χ1n) is 5.96. The molecule has 88 valence electrons. The van der Waals surface area contributed by atoms with E-state index >= 15 is 0 Å².